The normalized spacial score (nSPS) is 21.6. The lowest BCUT2D eigenvalue weighted by Gasteiger charge is -2.33. The van der Waals surface area contributed by atoms with E-state index in [0.717, 1.165) is 31.4 Å². The van der Waals surface area contributed by atoms with E-state index < -0.39 is 0 Å². The van der Waals surface area contributed by atoms with Crippen LogP contribution < -0.4 is 5.32 Å². The molecule has 1 atom stereocenters. The molecule has 2 N–H and O–H groups in total. The number of aromatic nitrogens is 1. The molecule has 0 bridgehead atoms. The molecule has 2 rings (SSSR count). The van der Waals surface area contributed by atoms with Crippen LogP contribution in [-0.2, 0) is 11.3 Å². The first-order valence-electron chi connectivity index (χ1n) is 5.94. The summed E-state index contributed by atoms with van der Waals surface area (Å²) < 4.78 is 5.36. The van der Waals surface area contributed by atoms with Crippen molar-refractivity contribution in [1.29, 1.82) is 0 Å². The highest BCUT2D eigenvalue weighted by molar-refractivity contribution is 7.15. The molecule has 1 aromatic rings. The second-order valence-corrected chi connectivity index (χ2v) is 5.16. The number of morpholine rings is 1. The highest BCUT2D eigenvalue weighted by Crippen LogP contribution is 2.21. The van der Waals surface area contributed by atoms with E-state index in [1.807, 2.05) is 6.20 Å². The molecular weight excluding hydrogens is 238 g/mol. The van der Waals surface area contributed by atoms with E-state index >= 15 is 0 Å². The predicted octanol–water partition coefficient (Wildman–Crippen LogP) is 0.768. The molecule has 5 nitrogen and oxygen atoms in total. The van der Waals surface area contributed by atoms with E-state index in [-0.39, 0.29) is 12.6 Å². The van der Waals surface area contributed by atoms with Crippen molar-refractivity contribution in [2.75, 3.05) is 38.2 Å². The standard InChI is InChI=1S/C11H19N3O2S/c1-2-12-11-13-5-10(17-11)6-14-3-4-16-8-9(14)7-15/h5,9,15H,2-4,6-8H2,1H3,(H,12,13). The molecule has 1 aliphatic heterocycles. The molecule has 1 saturated heterocycles. The molecule has 0 saturated carbocycles. The summed E-state index contributed by atoms with van der Waals surface area (Å²) in [6.45, 7) is 6.19. The highest BCUT2D eigenvalue weighted by Gasteiger charge is 2.22. The van der Waals surface area contributed by atoms with Crippen LogP contribution in [-0.4, -0.2) is 53.9 Å². The number of nitrogens with one attached hydrogen (secondary N) is 1. The van der Waals surface area contributed by atoms with Crippen LogP contribution >= 0.6 is 11.3 Å². The lowest BCUT2D eigenvalue weighted by Crippen LogP contribution is -2.46. The number of thiazole rings is 1. The van der Waals surface area contributed by atoms with E-state index in [0.29, 0.717) is 6.61 Å². The minimum absolute atomic E-state index is 0.119. The molecule has 6 heteroatoms. The SMILES string of the molecule is CCNc1ncc(CN2CCOCC2CO)s1. The van der Waals surface area contributed by atoms with Crippen molar-refractivity contribution in [2.45, 2.75) is 19.5 Å². The first kappa shape index (κ1) is 12.8. The van der Waals surface area contributed by atoms with Crippen molar-refractivity contribution in [3.8, 4) is 0 Å². The molecule has 17 heavy (non-hydrogen) atoms. The minimum Gasteiger partial charge on any atom is -0.395 e. The number of rotatable bonds is 5. The number of hydrogen-bond donors (Lipinski definition) is 2. The largest absolute Gasteiger partial charge is 0.395 e. The maximum Gasteiger partial charge on any atom is 0.182 e. The molecule has 0 amide bonds. The first-order chi connectivity index (χ1) is 8.33. The molecule has 2 heterocycles. The van der Waals surface area contributed by atoms with Gasteiger partial charge in [-0.2, -0.15) is 0 Å². The first-order valence-corrected chi connectivity index (χ1v) is 6.76. The number of anilines is 1. The molecule has 1 aromatic heterocycles. The van der Waals surface area contributed by atoms with Crippen LogP contribution in [0.5, 0.6) is 0 Å². The van der Waals surface area contributed by atoms with Gasteiger partial charge in [0.25, 0.3) is 0 Å². The number of hydrogen-bond acceptors (Lipinski definition) is 6. The van der Waals surface area contributed by atoms with Gasteiger partial charge in [-0.1, -0.05) is 0 Å². The van der Waals surface area contributed by atoms with Gasteiger partial charge < -0.3 is 15.2 Å². The average Bonchev–Trinajstić information content (AvgIpc) is 2.78. The van der Waals surface area contributed by atoms with Crippen molar-refractivity contribution < 1.29 is 9.84 Å². The van der Waals surface area contributed by atoms with Crippen LogP contribution in [0.1, 0.15) is 11.8 Å². The Morgan fingerprint density at radius 2 is 2.59 bits per heavy atom. The Kier molecular flexibility index (Phi) is 4.73. The van der Waals surface area contributed by atoms with Crippen LogP contribution in [0.2, 0.25) is 0 Å². The summed E-state index contributed by atoms with van der Waals surface area (Å²) >= 11 is 1.68. The monoisotopic (exact) mass is 257 g/mol. The smallest absolute Gasteiger partial charge is 0.182 e. The van der Waals surface area contributed by atoms with Gasteiger partial charge in [-0.25, -0.2) is 4.98 Å². The molecule has 0 spiro atoms. The topological polar surface area (TPSA) is 57.6 Å². The molecule has 0 radical (unpaired) electrons. The van der Waals surface area contributed by atoms with Gasteiger partial charge in [0.2, 0.25) is 0 Å². The lowest BCUT2D eigenvalue weighted by atomic mass is 10.2. The van der Waals surface area contributed by atoms with Gasteiger partial charge in [0, 0.05) is 30.7 Å². The van der Waals surface area contributed by atoms with Crippen LogP contribution in [0.25, 0.3) is 0 Å². The molecule has 1 aliphatic rings. The van der Waals surface area contributed by atoms with E-state index in [2.05, 4.69) is 22.1 Å². The number of ether oxygens (including phenoxy) is 1. The van der Waals surface area contributed by atoms with Crippen LogP contribution in [0.4, 0.5) is 5.13 Å². The summed E-state index contributed by atoms with van der Waals surface area (Å²) in [5.74, 6) is 0. The Hall–Kier alpha value is -0.690. The molecule has 0 aliphatic carbocycles. The van der Waals surface area contributed by atoms with Crippen molar-refractivity contribution in [3.63, 3.8) is 0 Å². The molecule has 1 unspecified atom stereocenters. The fourth-order valence-corrected chi connectivity index (χ4v) is 2.79. The van der Waals surface area contributed by atoms with Gasteiger partial charge in [0.15, 0.2) is 5.13 Å². The van der Waals surface area contributed by atoms with Crippen molar-refractivity contribution in [3.05, 3.63) is 11.1 Å². The van der Waals surface area contributed by atoms with Crippen molar-refractivity contribution in [2.24, 2.45) is 0 Å². The summed E-state index contributed by atoms with van der Waals surface area (Å²) in [4.78, 5) is 7.79. The quantitative estimate of drug-likeness (QED) is 0.816. The molecule has 1 fully saturated rings. The van der Waals surface area contributed by atoms with Crippen molar-refractivity contribution >= 4 is 16.5 Å². The molecule has 96 valence electrons. The van der Waals surface area contributed by atoms with Crippen LogP contribution in [0.15, 0.2) is 6.20 Å². The number of aliphatic hydroxyl groups excluding tert-OH is 1. The summed E-state index contributed by atoms with van der Waals surface area (Å²) in [6.07, 6.45) is 1.91. The van der Waals surface area contributed by atoms with Crippen LogP contribution in [0.3, 0.4) is 0 Å². The minimum atomic E-state index is 0.119. The zero-order valence-corrected chi connectivity index (χ0v) is 10.9. The third-order valence-corrected chi connectivity index (χ3v) is 3.74. The van der Waals surface area contributed by atoms with Crippen molar-refractivity contribution in [1.82, 2.24) is 9.88 Å². The summed E-state index contributed by atoms with van der Waals surface area (Å²) in [5, 5.41) is 13.5. The van der Waals surface area contributed by atoms with E-state index in [4.69, 9.17) is 4.74 Å². The highest BCUT2D eigenvalue weighted by atomic mass is 32.1. The zero-order chi connectivity index (χ0) is 12.1. The Morgan fingerprint density at radius 1 is 1.71 bits per heavy atom. The van der Waals surface area contributed by atoms with E-state index in [1.165, 1.54) is 4.88 Å². The summed E-state index contributed by atoms with van der Waals surface area (Å²) in [6, 6.07) is 0.119. The predicted molar refractivity (Wildman–Crippen MR) is 68.4 cm³/mol. The zero-order valence-electron chi connectivity index (χ0n) is 10.1. The Balaban J connectivity index is 1.93. The van der Waals surface area contributed by atoms with Gasteiger partial charge in [-0.05, 0) is 6.92 Å². The molecule has 0 aromatic carbocycles. The fraction of sp³-hybridized carbons (Fsp3) is 0.727. The Labute approximate surface area is 105 Å². The number of nitrogens with zero attached hydrogens (tertiary/aromatic N) is 2. The second-order valence-electron chi connectivity index (χ2n) is 4.04. The maximum absolute atomic E-state index is 9.28. The van der Waals surface area contributed by atoms with Gasteiger partial charge in [-0.15, -0.1) is 11.3 Å². The maximum atomic E-state index is 9.28. The summed E-state index contributed by atoms with van der Waals surface area (Å²) in [7, 11) is 0. The molecular formula is C11H19N3O2S. The third kappa shape index (κ3) is 3.38. The van der Waals surface area contributed by atoms with E-state index in [9.17, 15) is 5.11 Å². The Morgan fingerprint density at radius 3 is 3.35 bits per heavy atom. The van der Waals surface area contributed by atoms with Gasteiger partial charge in [-0.3, -0.25) is 4.90 Å². The Bertz CT molecular complexity index is 345. The van der Waals surface area contributed by atoms with Crippen LogP contribution in [0, 0.1) is 0 Å². The van der Waals surface area contributed by atoms with E-state index in [1.54, 1.807) is 11.3 Å². The fourth-order valence-electron chi connectivity index (χ4n) is 1.88. The van der Waals surface area contributed by atoms with Gasteiger partial charge in [0.05, 0.1) is 25.9 Å². The third-order valence-electron chi connectivity index (χ3n) is 2.80. The van der Waals surface area contributed by atoms with Gasteiger partial charge >= 0.3 is 0 Å². The average molecular weight is 257 g/mol. The second kappa shape index (κ2) is 6.30. The lowest BCUT2D eigenvalue weighted by molar-refractivity contribution is -0.0308. The summed E-state index contributed by atoms with van der Waals surface area (Å²) in [5.41, 5.74) is 0. The van der Waals surface area contributed by atoms with Gasteiger partial charge in [0.1, 0.15) is 0 Å². The number of aliphatic hydroxyl groups is 1.